The number of nitrogens with zero attached hydrogens (tertiary/aromatic N) is 1. The lowest BCUT2D eigenvalue weighted by molar-refractivity contribution is -0.138. The molecule has 1 aromatic rings. The van der Waals surface area contributed by atoms with Crippen LogP contribution in [0.15, 0.2) is 18.2 Å². The number of nitrogens with one attached hydrogen (secondary N) is 1. The zero-order chi connectivity index (χ0) is 20.7. The molecule has 0 spiro atoms. The first-order chi connectivity index (χ1) is 13.1. The van der Waals surface area contributed by atoms with Gasteiger partial charge in [0.15, 0.2) is 0 Å². The Hall–Kier alpha value is -2.25. The number of aryl methyl sites for hydroxylation is 1. The number of alkyl halides is 3. The van der Waals surface area contributed by atoms with Crippen molar-refractivity contribution in [2.24, 2.45) is 11.8 Å². The molecule has 28 heavy (non-hydrogen) atoms. The van der Waals surface area contributed by atoms with Crippen molar-refractivity contribution in [3.05, 3.63) is 34.9 Å². The van der Waals surface area contributed by atoms with Crippen LogP contribution in [0.5, 0.6) is 0 Å². The SMILES string of the molecule is CC[C@H](CNC(=O)OC)C(=O)N1CC2CC2(c2ccc(C(F)(F)F)c(C)c2)C1. The van der Waals surface area contributed by atoms with Gasteiger partial charge in [0.25, 0.3) is 0 Å². The number of rotatable bonds is 5. The number of carbonyl (C=O) groups excluding carboxylic acids is 2. The van der Waals surface area contributed by atoms with Gasteiger partial charge in [0.1, 0.15) is 0 Å². The fourth-order valence-corrected chi connectivity index (χ4v) is 4.33. The summed E-state index contributed by atoms with van der Waals surface area (Å²) in [5, 5.41) is 2.56. The van der Waals surface area contributed by atoms with Crippen molar-refractivity contribution >= 4 is 12.0 Å². The lowest BCUT2D eigenvalue weighted by atomic mass is 9.91. The van der Waals surface area contributed by atoms with E-state index in [4.69, 9.17) is 0 Å². The Balaban J connectivity index is 1.70. The molecule has 2 amide bonds. The number of hydrogen-bond acceptors (Lipinski definition) is 3. The highest BCUT2D eigenvalue weighted by molar-refractivity contribution is 5.80. The summed E-state index contributed by atoms with van der Waals surface area (Å²) in [5.41, 5.74) is 0.233. The number of benzene rings is 1. The van der Waals surface area contributed by atoms with Crippen LogP contribution in [-0.2, 0) is 21.1 Å². The van der Waals surface area contributed by atoms with E-state index >= 15 is 0 Å². The summed E-state index contributed by atoms with van der Waals surface area (Å²) in [6, 6.07) is 4.32. The highest BCUT2D eigenvalue weighted by Crippen LogP contribution is 2.59. The van der Waals surface area contributed by atoms with E-state index < -0.39 is 17.8 Å². The molecule has 1 saturated carbocycles. The van der Waals surface area contributed by atoms with Crippen LogP contribution in [0.3, 0.4) is 0 Å². The standard InChI is InChI=1S/C20H25F3N2O3/c1-4-13(9-24-18(27)28-3)17(26)25-10-15-8-19(15,11-25)14-5-6-16(12(2)7-14)20(21,22)23/h5-7,13,15H,4,8-11H2,1-3H3,(H,24,27)/t13-,15?,19?/m1/s1. The van der Waals surface area contributed by atoms with E-state index in [9.17, 15) is 22.8 Å². The molecule has 1 heterocycles. The molecule has 1 saturated heterocycles. The molecule has 5 nitrogen and oxygen atoms in total. The highest BCUT2D eigenvalue weighted by atomic mass is 19.4. The molecule has 1 aliphatic heterocycles. The number of carbonyl (C=O) groups is 2. The summed E-state index contributed by atoms with van der Waals surface area (Å²) < 4.78 is 43.6. The number of fused-ring (bicyclic) bond motifs is 1. The van der Waals surface area contributed by atoms with Crippen LogP contribution in [0.2, 0.25) is 0 Å². The van der Waals surface area contributed by atoms with Crippen molar-refractivity contribution in [2.75, 3.05) is 26.7 Å². The molecule has 2 fully saturated rings. The molecule has 154 valence electrons. The Morgan fingerprint density at radius 3 is 2.68 bits per heavy atom. The Bertz CT molecular complexity index is 780. The monoisotopic (exact) mass is 398 g/mol. The predicted octanol–water partition coefficient (Wildman–Crippen LogP) is 3.50. The number of ether oxygens (including phenoxy) is 1. The van der Waals surface area contributed by atoms with Gasteiger partial charge in [0.05, 0.1) is 18.6 Å². The Kier molecular flexibility index (Phi) is 5.34. The summed E-state index contributed by atoms with van der Waals surface area (Å²) in [5.74, 6) is -0.101. The second kappa shape index (κ2) is 7.29. The minimum Gasteiger partial charge on any atom is -0.453 e. The first-order valence-electron chi connectivity index (χ1n) is 9.41. The summed E-state index contributed by atoms with van der Waals surface area (Å²) >= 11 is 0. The van der Waals surface area contributed by atoms with Crippen molar-refractivity contribution in [1.82, 2.24) is 10.2 Å². The van der Waals surface area contributed by atoms with Gasteiger partial charge < -0.3 is 15.0 Å². The number of piperidine rings is 1. The van der Waals surface area contributed by atoms with Crippen LogP contribution in [0, 0.1) is 18.8 Å². The number of hydrogen-bond donors (Lipinski definition) is 1. The topological polar surface area (TPSA) is 58.6 Å². The quantitative estimate of drug-likeness (QED) is 0.826. The fraction of sp³-hybridized carbons (Fsp3) is 0.600. The molecule has 8 heteroatoms. The third kappa shape index (κ3) is 3.69. The maximum Gasteiger partial charge on any atom is 0.416 e. The second-order valence-corrected chi connectivity index (χ2v) is 7.78. The van der Waals surface area contributed by atoms with Crippen molar-refractivity contribution < 1.29 is 27.5 Å². The summed E-state index contributed by atoms with van der Waals surface area (Å²) in [6.45, 7) is 4.68. The van der Waals surface area contributed by atoms with Gasteiger partial charge >= 0.3 is 12.3 Å². The van der Waals surface area contributed by atoms with Crippen LogP contribution >= 0.6 is 0 Å². The molecule has 0 bridgehead atoms. The average molecular weight is 398 g/mol. The fourth-order valence-electron chi connectivity index (χ4n) is 4.33. The molecular weight excluding hydrogens is 373 g/mol. The lowest BCUT2D eigenvalue weighted by Crippen LogP contribution is -2.42. The van der Waals surface area contributed by atoms with Gasteiger partial charge in [-0.2, -0.15) is 13.2 Å². The second-order valence-electron chi connectivity index (χ2n) is 7.78. The third-order valence-electron chi connectivity index (χ3n) is 6.08. The van der Waals surface area contributed by atoms with Crippen LogP contribution in [0.1, 0.15) is 36.5 Å². The molecule has 1 N–H and O–H groups in total. The van der Waals surface area contributed by atoms with Crippen molar-refractivity contribution in [2.45, 2.75) is 38.3 Å². The van der Waals surface area contributed by atoms with E-state index in [1.807, 2.05) is 6.92 Å². The third-order valence-corrected chi connectivity index (χ3v) is 6.08. The highest BCUT2D eigenvalue weighted by Gasteiger charge is 2.62. The first kappa shape index (κ1) is 20.5. The van der Waals surface area contributed by atoms with Gasteiger partial charge in [-0.15, -0.1) is 0 Å². The van der Waals surface area contributed by atoms with E-state index in [1.165, 1.54) is 14.0 Å². The molecule has 0 radical (unpaired) electrons. The zero-order valence-electron chi connectivity index (χ0n) is 16.2. The van der Waals surface area contributed by atoms with E-state index in [-0.39, 0.29) is 35.3 Å². The van der Waals surface area contributed by atoms with Crippen molar-refractivity contribution in [3.8, 4) is 0 Å². The molecule has 0 aromatic heterocycles. The summed E-state index contributed by atoms with van der Waals surface area (Å²) in [7, 11) is 1.27. The van der Waals surface area contributed by atoms with Gasteiger partial charge in [-0.3, -0.25) is 4.79 Å². The lowest BCUT2D eigenvalue weighted by Gasteiger charge is -2.26. The Morgan fingerprint density at radius 2 is 2.11 bits per heavy atom. The Morgan fingerprint density at radius 1 is 1.39 bits per heavy atom. The van der Waals surface area contributed by atoms with Gasteiger partial charge in [-0.1, -0.05) is 19.1 Å². The predicted molar refractivity (Wildman–Crippen MR) is 96.7 cm³/mol. The maximum absolute atomic E-state index is 13.0. The molecule has 3 rings (SSSR count). The molecule has 2 unspecified atom stereocenters. The number of likely N-dealkylation sites (tertiary alicyclic amines) is 1. The van der Waals surface area contributed by atoms with Crippen LogP contribution in [0.25, 0.3) is 0 Å². The number of methoxy groups -OCH3 is 1. The molecule has 3 atom stereocenters. The van der Waals surface area contributed by atoms with E-state index in [2.05, 4.69) is 10.1 Å². The van der Waals surface area contributed by atoms with E-state index in [1.54, 1.807) is 17.0 Å². The number of alkyl carbamates (subject to hydrolysis) is 1. The molecule has 1 aliphatic carbocycles. The Labute approximate surface area is 162 Å². The zero-order valence-corrected chi connectivity index (χ0v) is 16.2. The minimum absolute atomic E-state index is 0.0332. The van der Waals surface area contributed by atoms with Crippen molar-refractivity contribution in [1.29, 1.82) is 0 Å². The van der Waals surface area contributed by atoms with Gasteiger partial charge in [0.2, 0.25) is 5.91 Å². The normalized spacial score (nSPS) is 24.5. The molecular formula is C20H25F3N2O3. The minimum atomic E-state index is -4.36. The average Bonchev–Trinajstić information content (AvgIpc) is 3.21. The maximum atomic E-state index is 13.0. The van der Waals surface area contributed by atoms with E-state index in [0.717, 1.165) is 18.1 Å². The van der Waals surface area contributed by atoms with Crippen LogP contribution in [0.4, 0.5) is 18.0 Å². The smallest absolute Gasteiger partial charge is 0.416 e. The van der Waals surface area contributed by atoms with Gasteiger partial charge in [-0.25, -0.2) is 4.79 Å². The summed E-state index contributed by atoms with van der Waals surface area (Å²) in [4.78, 5) is 25.9. The van der Waals surface area contributed by atoms with E-state index in [0.29, 0.717) is 19.5 Å². The van der Waals surface area contributed by atoms with Gasteiger partial charge in [0, 0.05) is 25.0 Å². The number of amides is 2. The number of halogens is 3. The molecule has 1 aromatic carbocycles. The van der Waals surface area contributed by atoms with Crippen LogP contribution < -0.4 is 5.32 Å². The van der Waals surface area contributed by atoms with Crippen molar-refractivity contribution in [3.63, 3.8) is 0 Å². The summed E-state index contributed by atoms with van der Waals surface area (Å²) in [6.07, 6.45) is -3.47. The molecule has 2 aliphatic rings. The van der Waals surface area contributed by atoms with Gasteiger partial charge in [-0.05, 0) is 42.9 Å². The van der Waals surface area contributed by atoms with Crippen LogP contribution in [-0.4, -0.2) is 43.6 Å². The first-order valence-corrected chi connectivity index (χ1v) is 9.41. The largest absolute Gasteiger partial charge is 0.453 e.